The molecular formula is C14H22N2OS. The van der Waals surface area contributed by atoms with E-state index in [2.05, 4.69) is 12.2 Å². The lowest BCUT2D eigenvalue weighted by atomic mass is 9.83. The quantitative estimate of drug-likeness (QED) is 0.878. The third kappa shape index (κ3) is 2.69. The van der Waals surface area contributed by atoms with E-state index in [1.54, 1.807) is 6.07 Å². The molecular weight excluding hydrogens is 244 g/mol. The van der Waals surface area contributed by atoms with Gasteiger partial charge >= 0.3 is 0 Å². The molecule has 1 amide bonds. The molecule has 1 heterocycles. The van der Waals surface area contributed by atoms with Gasteiger partial charge in [0.15, 0.2) is 0 Å². The summed E-state index contributed by atoms with van der Waals surface area (Å²) in [5.74, 6) is 0.0273. The summed E-state index contributed by atoms with van der Waals surface area (Å²) >= 11 is 1.47. The van der Waals surface area contributed by atoms with Gasteiger partial charge in [-0.2, -0.15) is 0 Å². The molecule has 0 radical (unpaired) electrons. The summed E-state index contributed by atoms with van der Waals surface area (Å²) in [4.78, 5) is 13.8. The lowest BCUT2D eigenvalue weighted by Crippen LogP contribution is -2.35. The Hall–Kier alpha value is -1.03. The monoisotopic (exact) mass is 266 g/mol. The Morgan fingerprint density at radius 2 is 2.17 bits per heavy atom. The first kappa shape index (κ1) is 13.4. The molecule has 1 aromatic rings. The van der Waals surface area contributed by atoms with Gasteiger partial charge in [0, 0.05) is 17.1 Å². The Morgan fingerprint density at radius 1 is 1.50 bits per heavy atom. The SMILES string of the molecule is CCC1(CNC(=O)c2cc(N)c(C)s2)CCCC1. The smallest absolute Gasteiger partial charge is 0.261 e. The van der Waals surface area contributed by atoms with E-state index in [4.69, 9.17) is 5.73 Å². The summed E-state index contributed by atoms with van der Waals surface area (Å²) in [7, 11) is 0. The number of aryl methyl sites for hydroxylation is 1. The fraction of sp³-hybridized carbons (Fsp3) is 0.643. The van der Waals surface area contributed by atoms with Crippen molar-refractivity contribution in [2.75, 3.05) is 12.3 Å². The van der Waals surface area contributed by atoms with Crippen molar-refractivity contribution in [2.24, 2.45) is 5.41 Å². The van der Waals surface area contributed by atoms with Gasteiger partial charge in [0.2, 0.25) is 0 Å². The van der Waals surface area contributed by atoms with Gasteiger partial charge in [0.05, 0.1) is 4.88 Å². The van der Waals surface area contributed by atoms with Gasteiger partial charge < -0.3 is 11.1 Å². The number of amides is 1. The number of thiophene rings is 1. The minimum atomic E-state index is 0.0273. The summed E-state index contributed by atoms with van der Waals surface area (Å²) in [6.07, 6.45) is 6.24. The van der Waals surface area contributed by atoms with Crippen LogP contribution in [0.1, 0.15) is 53.6 Å². The zero-order valence-corrected chi connectivity index (χ0v) is 12.0. The summed E-state index contributed by atoms with van der Waals surface area (Å²) in [5.41, 5.74) is 6.84. The van der Waals surface area contributed by atoms with Crippen LogP contribution < -0.4 is 11.1 Å². The highest BCUT2D eigenvalue weighted by Crippen LogP contribution is 2.40. The maximum absolute atomic E-state index is 12.1. The van der Waals surface area contributed by atoms with E-state index in [-0.39, 0.29) is 5.91 Å². The molecule has 1 fully saturated rings. The Balaban J connectivity index is 1.95. The van der Waals surface area contributed by atoms with E-state index in [9.17, 15) is 4.79 Å². The Bertz CT molecular complexity index is 414. The number of rotatable bonds is 4. The van der Waals surface area contributed by atoms with Crippen molar-refractivity contribution < 1.29 is 4.79 Å². The zero-order chi connectivity index (χ0) is 13.2. The van der Waals surface area contributed by atoms with Crippen LogP contribution in [0.4, 0.5) is 5.69 Å². The van der Waals surface area contributed by atoms with Crippen molar-refractivity contribution in [3.05, 3.63) is 15.8 Å². The van der Waals surface area contributed by atoms with E-state index >= 15 is 0 Å². The second-order valence-corrected chi connectivity index (χ2v) is 6.62. The number of anilines is 1. The van der Waals surface area contributed by atoms with Crippen molar-refractivity contribution in [1.82, 2.24) is 5.32 Å². The standard InChI is InChI=1S/C14H22N2OS/c1-3-14(6-4-5-7-14)9-16-13(17)12-8-11(15)10(2)18-12/h8H,3-7,9,15H2,1-2H3,(H,16,17). The molecule has 0 atom stereocenters. The predicted molar refractivity (Wildman–Crippen MR) is 77.0 cm³/mol. The second-order valence-electron chi connectivity index (χ2n) is 5.37. The summed E-state index contributed by atoms with van der Waals surface area (Å²) in [6, 6.07) is 1.78. The molecule has 0 saturated heterocycles. The van der Waals surface area contributed by atoms with Gasteiger partial charge in [-0.3, -0.25) is 4.79 Å². The maximum atomic E-state index is 12.1. The molecule has 0 aliphatic heterocycles. The molecule has 18 heavy (non-hydrogen) atoms. The second kappa shape index (κ2) is 5.31. The molecule has 0 bridgehead atoms. The van der Waals surface area contributed by atoms with Crippen LogP contribution in [0.2, 0.25) is 0 Å². The molecule has 1 aromatic heterocycles. The number of hydrogen-bond donors (Lipinski definition) is 2. The van der Waals surface area contributed by atoms with Crippen LogP contribution in [-0.4, -0.2) is 12.5 Å². The molecule has 4 heteroatoms. The van der Waals surface area contributed by atoms with E-state index in [1.165, 1.54) is 37.0 Å². The molecule has 1 saturated carbocycles. The van der Waals surface area contributed by atoms with Crippen LogP contribution in [-0.2, 0) is 0 Å². The van der Waals surface area contributed by atoms with Crippen molar-refractivity contribution in [3.63, 3.8) is 0 Å². The van der Waals surface area contributed by atoms with Crippen molar-refractivity contribution in [2.45, 2.75) is 46.0 Å². The van der Waals surface area contributed by atoms with Crippen molar-refractivity contribution in [3.8, 4) is 0 Å². The number of carbonyl (C=O) groups excluding carboxylic acids is 1. The van der Waals surface area contributed by atoms with E-state index in [1.807, 2.05) is 6.92 Å². The van der Waals surface area contributed by atoms with Crippen LogP contribution in [0.15, 0.2) is 6.07 Å². The third-order valence-electron chi connectivity index (χ3n) is 4.22. The topological polar surface area (TPSA) is 55.1 Å². The summed E-state index contributed by atoms with van der Waals surface area (Å²) in [5, 5.41) is 3.09. The third-order valence-corrected chi connectivity index (χ3v) is 5.28. The van der Waals surface area contributed by atoms with Crippen LogP contribution >= 0.6 is 11.3 Å². The Labute approximate surface area is 113 Å². The fourth-order valence-electron chi connectivity index (χ4n) is 2.74. The van der Waals surface area contributed by atoms with Gasteiger partial charge in [-0.25, -0.2) is 0 Å². The Morgan fingerprint density at radius 3 is 2.67 bits per heavy atom. The summed E-state index contributed by atoms with van der Waals surface area (Å²) < 4.78 is 0. The highest BCUT2D eigenvalue weighted by atomic mass is 32.1. The van der Waals surface area contributed by atoms with Crippen LogP contribution in [0.5, 0.6) is 0 Å². The molecule has 3 nitrogen and oxygen atoms in total. The normalized spacial score (nSPS) is 17.9. The highest BCUT2D eigenvalue weighted by Gasteiger charge is 2.32. The van der Waals surface area contributed by atoms with Gasteiger partial charge in [-0.15, -0.1) is 11.3 Å². The van der Waals surface area contributed by atoms with Crippen LogP contribution in [0, 0.1) is 12.3 Å². The molecule has 1 aliphatic carbocycles. The van der Waals surface area contributed by atoms with Crippen LogP contribution in [0.3, 0.4) is 0 Å². The average Bonchev–Trinajstić information content (AvgIpc) is 2.95. The Kier molecular flexibility index (Phi) is 3.95. The molecule has 0 aromatic carbocycles. The predicted octanol–water partition coefficient (Wildman–Crippen LogP) is 3.34. The lowest BCUT2D eigenvalue weighted by molar-refractivity contribution is 0.0933. The maximum Gasteiger partial charge on any atom is 0.261 e. The zero-order valence-electron chi connectivity index (χ0n) is 11.2. The molecule has 0 spiro atoms. The fourth-order valence-corrected chi connectivity index (χ4v) is 3.60. The average molecular weight is 266 g/mol. The van der Waals surface area contributed by atoms with E-state index in [0.717, 1.165) is 28.4 Å². The first-order valence-electron chi connectivity index (χ1n) is 6.70. The number of nitrogen functional groups attached to an aromatic ring is 1. The molecule has 0 unspecified atom stereocenters. The molecule has 100 valence electrons. The first-order chi connectivity index (χ1) is 8.56. The van der Waals surface area contributed by atoms with Gasteiger partial charge in [-0.05, 0) is 37.7 Å². The minimum Gasteiger partial charge on any atom is -0.398 e. The molecule has 2 rings (SSSR count). The van der Waals surface area contributed by atoms with Crippen LogP contribution in [0.25, 0.3) is 0 Å². The number of nitrogens with two attached hydrogens (primary N) is 1. The molecule has 3 N–H and O–H groups in total. The van der Waals surface area contributed by atoms with E-state index < -0.39 is 0 Å². The van der Waals surface area contributed by atoms with Gasteiger partial charge in [0.25, 0.3) is 5.91 Å². The molecule has 1 aliphatic rings. The first-order valence-corrected chi connectivity index (χ1v) is 7.52. The largest absolute Gasteiger partial charge is 0.398 e. The van der Waals surface area contributed by atoms with Crippen molar-refractivity contribution >= 4 is 22.9 Å². The van der Waals surface area contributed by atoms with Gasteiger partial charge in [0.1, 0.15) is 0 Å². The summed E-state index contributed by atoms with van der Waals surface area (Å²) in [6.45, 7) is 4.98. The van der Waals surface area contributed by atoms with E-state index in [0.29, 0.717) is 5.41 Å². The number of hydrogen-bond acceptors (Lipinski definition) is 3. The lowest BCUT2D eigenvalue weighted by Gasteiger charge is -2.27. The number of nitrogens with one attached hydrogen (secondary N) is 1. The van der Waals surface area contributed by atoms with Crippen molar-refractivity contribution in [1.29, 1.82) is 0 Å². The minimum absolute atomic E-state index is 0.0273. The highest BCUT2D eigenvalue weighted by molar-refractivity contribution is 7.14. The number of carbonyl (C=O) groups is 1. The van der Waals surface area contributed by atoms with Gasteiger partial charge in [-0.1, -0.05) is 19.8 Å².